The van der Waals surface area contributed by atoms with Crippen molar-refractivity contribution in [3.05, 3.63) is 35.9 Å². The summed E-state index contributed by atoms with van der Waals surface area (Å²) in [6.07, 6.45) is 3.11. The van der Waals surface area contributed by atoms with Gasteiger partial charge in [-0.25, -0.2) is 12.7 Å². The molecule has 0 aromatic heterocycles. The van der Waals surface area contributed by atoms with Crippen molar-refractivity contribution in [3.8, 4) is 0 Å². The quantitative estimate of drug-likeness (QED) is 0.769. The summed E-state index contributed by atoms with van der Waals surface area (Å²) in [5, 5.41) is 6.50. The molecule has 1 aromatic rings. The minimum absolute atomic E-state index is 0. The average molecular weight is 416 g/mol. The normalized spacial score (nSPS) is 24.8. The molecule has 2 fully saturated rings. The number of hydrogen-bond donors (Lipinski definition) is 2. The molecule has 0 unspecified atom stereocenters. The van der Waals surface area contributed by atoms with E-state index in [4.69, 9.17) is 0 Å². The summed E-state index contributed by atoms with van der Waals surface area (Å²) in [7, 11) is -3.30. The van der Waals surface area contributed by atoms with Gasteiger partial charge in [0.2, 0.25) is 15.9 Å². The molecule has 2 aliphatic heterocycles. The van der Waals surface area contributed by atoms with E-state index in [0.717, 1.165) is 24.9 Å². The second-order valence-electron chi connectivity index (χ2n) is 7.50. The lowest BCUT2D eigenvalue weighted by Crippen LogP contribution is -2.49. The monoisotopic (exact) mass is 415 g/mol. The highest BCUT2D eigenvalue weighted by Crippen LogP contribution is 2.20. The Morgan fingerprint density at radius 1 is 1.19 bits per heavy atom. The summed E-state index contributed by atoms with van der Waals surface area (Å²) in [5.74, 6) is 0.243. The van der Waals surface area contributed by atoms with Crippen molar-refractivity contribution in [2.75, 3.05) is 19.6 Å². The van der Waals surface area contributed by atoms with Crippen LogP contribution in [0.3, 0.4) is 0 Å². The Morgan fingerprint density at radius 2 is 1.85 bits per heavy atom. The Labute approximate surface area is 168 Å². The molecule has 2 aliphatic rings. The molecule has 2 saturated heterocycles. The van der Waals surface area contributed by atoms with Crippen molar-refractivity contribution in [1.29, 1.82) is 0 Å². The number of rotatable bonds is 5. The molecule has 2 N–H and O–H groups in total. The molecule has 8 heteroatoms. The summed E-state index contributed by atoms with van der Waals surface area (Å²) >= 11 is 0. The zero-order chi connectivity index (χ0) is 18.6. The standard InChI is InChI=1S/C19H29N3O3S.ClH/c1-15-13-17(7-10-20-15)19(23)21-18-8-11-22(12-9-18)26(24,25)14-16-5-3-2-4-6-16;/h2-6,15,17-18,20H,7-14H2,1H3,(H,21,23);1H/t15-,17-;/m0./s1. The van der Waals surface area contributed by atoms with E-state index in [0.29, 0.717) is 32.0 Å². The number of halogens is 1. The molecule has 0 bridgehead atoms. The van der Waals surface area contributed by atoms with E-state index >= 15 is 0 Å². The van der Waals surface area contributed by atoms with E-state index in [-0.39, 0.29) is 36.0 Å². The van der Waals surface area contributed by atoms with Gasteiger partial charge >= 0.3 is 0 Å². The minimum atomic E-state index is -3.30. The summed E-state index contributed by atoms with van der Waals surface area (Å²) in [6, 6.07) is 9.73. The van der Waals surface area contributed by atoms with Gasteiger partial charge in [-0.1, -0.05) is 30.3 Å². The van der Waals surface area contributed by atoms with Gasteiger partial charge < -0.3 is 10.6 Å². The van der Waals surface area contributed by atoms with Crippen molar-refractivity contribution in [2.45, 2.75) is 50.4 Å². The highest BCUT2D eigenvalue weighted by Gasteiger charge is 2.31. The van der Waals surface area contributed by atoms with Crippen LogP contribution in [0.2, 0.25) is 0 Å². The molecule has 0 spiro atoms. The lowest BCUT2D eigenvalue weighted by molar-refractivity contribution is -0.127. The SMILES string of the molecule is C[C@H]1C[C@@H](C(=O)NC2CCN(S(=O)(=O)Cc3ccccc3)CC2)CCN1.Cl. The van der Waals surface area contributed by atoms with Gasteiger partial charge in [0.25, 0.3) is 0 Å². The number of benzene rings is 1. The first-order chi connectivity index (χ1) is 12.4. The number of carbonyl (C=O) groups is 1. The van der Waals surface area contributed by atoms with Crippen LogP contribution in [0.15, 0.2) is 30.3 Å². The lowest BCUT2D eigenvalue weighted by atomic mass is 9.92. The molecular weight excluding hydrogens is 386 g/mol. The van der Waals surface area contributed by atoms with Gasteiger partial charge in [0.1, 0.15) is 0 Å². The fourth-order valence-electron chi connectivity index (χ4n) is 3.84. The molecule has 0 saturated carbocycles. The van der Waals surface area contributed by atoms with Gasteiger partial charge in [0, 0.05) is 31.1 Å². The van der Waals surface area contributed by atoms with Crippen LogP contribution >= 0.6 is 12.4 Å². The van der Waals surface area contributed by atoms with Gasteiger partial charge in [-0.2, -0.15) is 0 Å². The van der Waals surface area contributed by atoms with Crippen LogP contribution in [-0.4, -0.2) is 50.3 Å². The van der Waals surface area contributed by atoms with Crippen LogP contribution in [0.1, 0.15) is 38.2 Å². The first-order valence-electron chi connectivity index (χ1n) is 9.49. The van der Waals surface area contributed by atoms with Crippen LogP contribution in [0, 0.1) is 5.92 Å². The first kappa shape index (κ1) is 22.1. The second kappa shape index (κ2) is 9.87. The Morgan fingerprint density at radius 3 is 2.48 bits per heavy atom. The Kier molecular flexibility index (Phi) is 8.09. The maximum absolute atomic E-state index is 12.6. The van der Waals surface area contributed by atoms with Gasteiger partial charge in [0.05, 0.1) is 5.75 Å². The molecule has 2 atom stereocenters. The van der Waals surface area contributed by atoms with Gasteiger partial charge in [-0.15, -0.1) is 12.4 Å². The molecule has 2 heterocycles. The first-order valence-corrected chi connectivity index (χ1v) is 11.1. The number of nitrogens with zero attached hydrogens (tertiary/aromatic N) is 1. The molecule has 1 amide bonds. The zero-order valence-corrected chi connectivity index (χ0v) is 17.4. The van der Waals surface area contributed by atoms with E-state index < -0.39 is 10.0 Å². The lowest BCUT2D eigenvalue weighted by Gasteiger charge is -2.33. The number of nitrogens with one attached hydrogen (secondary N) is 2. The Hall–Kier alpha value is -1.15. The van der Waals surface area contributed by atoms with E-state index in [1.54, 1.807) is 4.31 Å². The van der Waals surface area contributed by atoms with Crippen LogP contribution in [0.4, 0.5) is 0 Å². The van der Waals surface area contributed by atoms with Crippen molar-refractivity contribution in [3.63, 3.8) is 0 Å². The van der Waals surface area contributed by atoms with Crippen LogP contribution < -0.4 is 10.6 Å². The molecule has 3 rings (SSSR count). The van der Waals surface area contributed by atoms with Crippen LogP contribution in [0.5, 0.6) is 0 Å². The van der Waals surface area contributed by atoms with E-state index in [1.807, 2.05) is 30.3 Å². The topological polar surface area (TPSA) is 78.5 Å². The predicted octanol–water partition coefficient (Wildman–Crippen LogP) is 1.91. The van der Waals surface area contributed by atoms with Crippen molar-refractivity contribution in [1.82, 2.24) is 14.9 Å². The molecule has 0 aliphatic carbocycles. The maximum Gasteiger partial charge on any atom is 0.223 e. The van der Waals surface area contributed by atoms with Crippen molar-refractivity contribution < 1.29 is 13.2 Å². The fourth-order valence-corrected chi connectivity index (χ4v) is 5.41. The summed E-state index contributed by atoms with van der Waals surface area (Å²) in [4.78, 5) is 12.5. The fraction of sp³-hybridized carbons (Fsp3) is 0.632. The maximum atomic E-state index is 12.6. The zero-order valence-electron chi connectivity index (χ0n) is 15.8. The van der Waals surface area contributed by atoms with Gasteiger partial charge in [0.15, 0.2) is 0 Å². The number of hydrogen-bond acceptors (Lipinski definition) is 4. The number of carbonyl (C=O) groups excluding carboxylic acids is 1. The molecule has 1 aromatic carbocycles. The van der Waals surface area contributed by atoms with E-state index in [1.165, 1.54) is 0 Å². The summed E-state index contributed by atoms with van der Waals surface area (Å²) in [6.45, 7) is 3.94. The molecular formula is C19H30ClN3O3S. The summed E-state index contributed by atoms with van der Waals surface area (Å²) < 4.78 is 26.8. The third-order valence-electron chi connectivity index (χ3n) is 5.38. The highest BCUT2D eigenvalue weighted by atomic mass is 35.5. The minimum Gasteiger partial charge on any atom is -0.353 e. The third-order valence-corrected chi connectivity index (χ3v) is 7.23. The van der Waals surface area contributed by atoms with Crippen molar-refractivity contribution in [2.24, 2.45) is 5.92 Å². The largest absolute Gasteiger partial charge is 0.353 e. The smallest absolute Gasteiger partial charge is 0.223 e. The predicted molar refractivity (Wildman–Crippen MR) is 109 cm³/mol. The molecule has 27 heavy (non-hydrogen) atoms. The summed E-state index contributed by atoms with van der Waals surface area (Å²) in [5.41, 5.74) is 0.808. The Bertz CT molecular complexity index is 706. The number of sulfonamides is 1. The van der Waals surface area contributed by atoms with Gasteiger partial charge in [-0.05, 0) is 44.7 Å². The highest BCUT2D eigenvalue weighted by molar-refractivity contribution is 7.88. The number of amides is 1. The van der Waals surface area contributed by atoms with Crippen molar-refractivity contribution >= 4 is 28.3 Å². The number of piperidine rings is 2. The molecule has 152 valence electrons. The van der Waals surface area contributed by atoms with Crippen LogP contribution in [0.25, 0.3) is 0 Å². The van der Waals surface area contributed by atoms with E-state index in [9.17, 15) is 13.2 Å². The average Bonchev–Trinajstić information content (AvgIpc) is 2.62. The molecule has 0 radical (unpaired) electrons. The third kappa shape index (κ3) is 6.17. The van der Waals surface area contributed by atoms with Gasteiger partial charge in [-0.3, -0.25) is 4.79 Å². The molecule has 6 nitrogen and oxygen atoms in total. The van der Waals surface area contributed by atoms with Crippen LogP contribution in [-0.2, 0) is 20.6 Å². The Balaban J connectivity index is 0.00000261. The van der Waals surface area contributed by atoms with E-state index in [2.05, 4.69) is 17.6 Å². The second-order valence-corrected chi connectivity index (χ2v) is 9.47.